The lowest BCUT2D eigenvalue weighted by Crippen LogP contribution is -2.34. The summed E-state index contributed by atoms with van der Waals surface area (Å²) in [5.41, 5.74) is 0.395. The Morgan fingerprint density at radius 3 is 2.14 bits per heavy atom. The van der Waals surface area contributed by atoms with Crippen molar-refractivity contribution in [2.24, 2.45) is 11.8 Å². The molecule has 1 aromatic carbocycles. The van der Waals surface area contributed by atoms with E-state index in [1.54, 1.807) is 12.1 Å². The molecule has 3 rings (SSSR count). The SMILES string of the molecule is O=C(O)c1cccc(N2C(=O)[C@H]3C[C@@H](Br)[C@@H](Br)C[C@@H]3C2=O)c1. The van der Waals surface area contributed by atoms with Crippen molar-refractivity contribution in [1.29, 1.82) is 0 Å². The fraction of sp³-hybridized carbons (Fsp3) is 0.400. The number of amides is 2. The molecular weight excluding hydrogens is 418 g/mol. The highest BCUT2D eigenvalue weighted by Crippen LogP contribution is 2.44. The van der Waals surface area contributed by atoms with E-state index >= 15 is 0 Å². The number of anilines is 1. The normalized spacial score (nSPS) is 31.3. The first kappa shape index (κ1) is 15.7. The second-order valence-electron chi connectivity index (χ2n) is 5.58. The van der Waals surface area contributed by atoms with E-state index in [-0.39, 0.29) is 38.9 Å². The number of carbonyl (C=O) groups is 3. The molecule has 116 valence electrons. The number of hydrogen-bond acceptors (Lipinski definition) is 3. The van der Waals surface area contributed by atoms with Gasteiger partial charge in [-0.05, 0) is 31.0 Å². The van der Waals surface area contributed by atoms with Gasteiger partial charge in [0.1, 0.15) is 0 Å². The number of nitrogens with zero attached hydrogens (tertiary/aromatic N) is 1. The van der Waals surface area contributed by atoms with Gasteiger partial charge in [-0.3, -0.25) is 14.5 Å². The van der Waals surface area contributed by atoms with Gasteiger partial charge in [-0.1, -0.05) is 37.9 Å². The number of benzene rings is 1. The number of carbonyl (C=O) groups excluding carboxylic acids is 2. The molecule has 0 radical (unpaired) electrons. The van der Waals surface area contributed by atoms with Crippen LogP contribution in [0.2, 0.25) is 0 Å². The van der Waals surface area contributed by atoms with E-state index in [0.717, 1.165) is 4.90 Å². The third kappa shape index (κ3) is 2.50. The zero-order chi connectivity index (χ0) is 16.0. The van der Waals surface area contributed by atoms with Gasteiger partial charge in [-0.2, -0.15) is 0 Å². The Labute approximate surface area is 143 Å². The molecule has 1 heterocycles. The predicted molar refractivity (Wildman–Crippen MR) is 87.5 cm³/mol. The predicted octanol–water partition coefficient (Wildman–Crippen LogP) is 2.81. The molecule has 1 saturated heterocycles. The lowest BCUT2D eigenvalue weighted by Gasteiger charge is -2.29. The lowest BCUT2D eigenvalue weighted by atomic mass is 9.81. The van der Waals surface area contributed by atoms with Gasteiger partial charge in [0, 0.05) is 9.65 Å². The molecule has 2 fully saturated rings. The molecule has 0 spiro atoms. The number of aromatic carboxylic acids is 1. The van der Waals surface area contributed by atoms with Crippen LogP contribution in [0.5, 0.6) is 0 Å². The minimum Gasteiger partial charge on any atom is -0.478 e. The van der Waals surface area contributed by atoms with Crippen molar-refractivity contribution in [3.63, 3.8) is 0 Å². The smallest absolute Gasteiger partial charge is 0.335 e. The van der Waals surface area contributed by atoms with E-state index in [1.807, 2.05) is 0 Å². The molecule has 22 heavy (non-hydrogen) atoms. The van der Waals surface area contributed by atoms with E-state index in [2.05, 4.69) is 31.9 Å². The molecule has 0 bridgehead atoms. The van der Waals surface area contributed by atoms with Crippen LogP contribution in [-0.4, -0.2) is 32.5 Å². The largest absolute Gasteiger partial charge is 0.478 e. The maximum absolute atomic E-state index is 12.6. The zero-order valence-corrected chi connectivity index (χ0v) is 14.6. The Morgan fingerprint density at radius 1 is 1.09 bits per heavy atom. The van der Waals surface area contributed by atoms with Crippen molar-refractivity contribution in [3.05, 3.63) is 29.8 Å². The number of fused-ring (bicyclic) bond motifs is 1. The van der Waals surface area contributed by atoms with Crippen LogP contribution >= 0.6 is 31.9 Å². The number of carboxylic acids is 1. The highest BCUT2D eigenvalue weighted by atomic mass is 79.9. The molecule has 1 aromatic rings. The lowest BCUT2D eigenvalue weighted by molar-refractivity contribution is -0.122. The first-order chi connectivity index (χ1) is 10.4. The molecule has 2 amide bonds. The molecule has 2 aliphatic rings. The molecule has 5 nitrogen and oxygen atoms in total. The number of alkyl halides is 2. The van der Waals surface area contributed by atoms with Crippen LogP contribution in [0.1, 0.15) is 23.2 Å². The maximum atomic E-state index is 12.6. The van der Waals surface area contributed by atoms with Crippen molar-refractivity contribution in [1.82, 2.24) is 0 Å². The van der Waals surface area contributed by atoms with Gasteiger partial charge < -0.3 is 5.11 Å². The molecule has 1 N–H and O–H groups in total. The molecule has 1 saturated carbocycles. The number of halogens is 2. The van der Waals surface area contributed by atoms with E-state index < -0.39 is 5.97 Å². The topological polar surface area (TPSA) is 74.7 Å². The Bertz CT molecular complexity index is 635. The molecule has 0 unspecified atom stereocenters. The van der Waals surface area contributed by atoms with Crippen molar-refractivity contribution in [3.8, 4) is 0 Å². The summed E-state index contributed by atoms with van der Waals surface area (Å²) in [4.78, 5) is 37.7. The first-order valence-corrected chi connectivity index (χ1v) is 8.72. The van der Waals surface area contributed by atoms with Crippen LogP contribution in [0.25, 0.3) is 0 Å². The van der Waals surface area contributed by atoms with E-state index in [1.165, 1.54) is 12.1 Å². The van der Waals surface area contributed by atoms with Gasteiger partial charge in [0.15, 0.2) is 0 Å². The number of hydrogen-bond donors (Lipinski definition) is 1. The Balaban J connectivity index is 1.95. The molecule has 0 aromatic heterocycles. The Morgan fingerprint density at radius 2 is 1.64 bits per heavy atom. The van der Waals surface area contributed by atoms with Crippen LogP contribution in [0.15, 0.2) is 24.3 Å². The number of carboxylic acid groups (broad SMARTS) is 1. The summed E-state index contributed by atoms with van der Waals surface area (Å²) in [6.07, 6.45) is 1.19. The average molecular weight is 431 g/mol. The first-order valence-electron chi connectivity index (χ1n) is 6.89. The van der Waals surface area contributed by atoms with Crippen molar-refractivity contribution in [2.75, 3.05) is 4.90 Å². The van der Waals surface area contributed by atoms with Crippen LogP contribution in [-0.2, 0) is 9.59 Å². The van der Waals surface area contributed by atoms with Gasteiger partial charge in [0.25, 0.3) is 0 Å². The van der Waals surface area contributed by atoms with Crippen LogP contribution in [0.4, 0.5) is 5.69 Å². The zero-order valence-electron chi connectivity index (χ0n) is 11.4. The third-order valence-electron chi connectivity index (χ3n) is 4.26. The fourth-order valence-corrected chi connectivity index (χ4v) is 4.36. The van der Waals surface area contributed by atoms with Gasteiger partial charge in [0.2, 0.25) is 11.8 Å². The van der Waals surface area contributed by atoms with Gasteiger partial charge in [-0.15, -0.1) is 0 Å². The van der Waals surface area contributed by atoms with Crippen LogP contribution in [0.3, 0.4) is 0 Å². The summed E-state index contributed by atoms with van der Waals surface area (Å²) in [7, 11) is 0. The summed E-state index contributed by atoms with van der Waals surface area (Å²) in [6.45, 7) is 0. The summed E-state index contributed by atoms with van der Waals surface area (Å²) in [6, 6.07) is 5.94. The monoisotopic (exact) mass is 429 g/mol. The van der Waals surface area contributed by atoms with Crippen LogP contribution in [0, 0.1) is 11.8 Å². The molecule has 4 atom stereocenters. The summed E-state index contributed by atoms with van der Waals surface area (Å²) < 4.78 is 0. The quantitative estimate of drug-likeness (QED) is 0.578. The third-order valence-corrected chi connectivity index (χ3v) is 7.00. The summed E-state index contributed by atoms with van der Waals surface area (Å²) >= 11 is 7.08. The molecule has 1 aliphatic heterocycles. The number of rotatable bonds is 2. The summed E-state index contributed by atoms with van der Waals surface area (Å²) in [5, 5.41) is 9.06. The minimum absolute atomic E-state index is 0.0599. The second kappa shape index (κ2) is 5.77. The summed E-state index contributed by atoms with van der Waals surface area (Å²) in [5.74, 6) is -2.22. The maximum Gasteiger partial charge on any atom is 0.335 e. The Kier molecular flexibility index (Phi) is 4.11. The van der Waals surface area contributed by atoms with Gasteiger partial charge in [-0.25, -0.2) is 4.79 Å². The molecule has 1 aliphatic carbocycles. The Hall–Kier alpha value is -1.21. The molecule has 7 heteroatoms. The average Bonchev–Trinajstić information content (AvgIpc) is 2.71. The van der Waals surface area contributed by atoms with Gasteiger partial charge >= 0.3 is 5.97 Å². The minimum atomic E-state index is -1.08. The second-order valence-corrected chi connectivity index (χ2v) is 7.94. The standard InChI is InChI=1S/C15H13Br2NO4/c16-11-5-9-10(6-12(11)17)14(20)18(13(9)19)8-3-1-2-7(4-8)15(21)22/h1-4,9-12H,5-6H2,(H,21,22)/t9-,10-,11-,12+/m0/s1. The van der Waals surface area contributed by atoms with Crippen molar-refractivity contribution in [2.45, 2.75) is 22.5 Å². The highest BCUT2D eigenvalue weighted by Gasteiger charge is 2.52. The number of imide groups is 1. The van der Waals surface area contributed by atoms with E-state index in [9.17, 15) is 14.4 Å². The van der Waals surface area contributed by atoms with Crippen molar-refractivity contribution < 1.29 is 19.5 Å². The molecular formula is C15H13Br2NO4. The van der Waals surface area contributed by atoms with E-state index in [4.69, 9.17) is 5.11 Å². The van der Waals surface area contributed by atoms with Crippen LogP contribution < -0.4 is 4.90 Å². The van der Waals surface area contributed by atoms with Gasteiger partial charge in [0.05, 0.1) is 23.1 Å². The fourth-order valence-electron chi connectivity index (χ4n) is 3.13. The van der Waals surface area contributed by atoms with E-state index in [0.29, 0.717) is 18.5 Å². The van der Waals surface area contributed by atoms with Crippen molar-refractivity contribution >= 4 is 55.3 Å². The highest BCUT2D eigenvalue weighted by molar-refractivity contribution is 9.12.